The van der Waals surface area contributed by atoms with E-state index in [9.17, 15) is 13.2 Å². The SMILES string of the molecule is COc1ccc(S(=O)(=O)N[C@H](C)c2ccc3c(c2)CCC3)cc1C(=O)N1CCCCC1. The van der Waals surface area contributed by atoms with Gasteiger partial charge in [0.15, 0.2) is 0 Å². The molecule has 7 heteroatoms. The number of sulfonamides is 1. The van der Waals surface area contributed by atoms with Crippen molar-refractivity contribution in [2.45, 2.75) is 56.4 Å². The van der Waals surface area contributed by atoms with Crippen LogP contribution in [0.4, 0.5) is 0 Å². The maximum Gasteiger partial charge on any atom is 0.257 e. The second-order valence-corrected chi connectivity index (χ2v) is 10.2. The molecule has 0 bridgehead atoms. The number of amides is 1. The van der Waals surface area contributed by atoms with E-state index in [4.69, 9.17) is 4.74 Å². The molecule has 1 saturated heterocycles. The second kappa shape index (κ2) is 9.01. The first-order valence-corrected chi connectivity index (χ1v) is 12.5. The van der Waals surface area contributed by atoms with Crippen molar-refractivity contribution in [2.24, 2.45) is 0 Å². The molecule has 1 amide bonds. The third kappa shape index (κ3) is 4.62. The average molecular weight is 443 g/mol. The van der Waals surface area contributed by atoms with Crippen LogP contribution in [0.25, 0.3) is 0 Å². The Balaban J connectivity index is 1.58. The molecule has 31 heavy (non-hydrogen) atoms. The number of rotatable bonds is 6. The molecular weight excluding hydrogens is 412 g/mol. The second-order valence-electron chi connectivity index (χ2n) is 8.44. The predicted octanol–water partition coefficient (Wildman–Crippen LogP) is 3.85. The molecule has 6 nitrogen and oxygen atoms in total. The zero-order valence-corrected chi connectivity index (χ0v) is 19.0. The quantitative estimate of drug-likeness (QED) is 0.737. The summed E-state index contributed by atoms with van der Waals surface area (Å²) in [5.74, 6) is 0.210. The number of fused-ring (bicyclic) bond motifs is 1. The number of ether oxygens (including phenoxy) is 1. The number of nitrogens with one attached hydrogen (secondary N) is 1. The van der Waals surface area contributed by atoms with E-state index >= 15 is 0 Å². The highest BCUT2D eigenvalue weighted by atomic mass is 32.2. The largest absolute Gasteiger partial charge is 0.496 e. The van der Waals surface area contributed by atoms with Crippen LogP contribution in [0.1, 0.15) is 65.7 Å². The van der Waals surface area contributed by atoms with Gasteiger partial charge in [0.05, 0.1) is 17.6 Å². The molecule has 2 aromatic carbocycles. The van der Waals surface area contributed by atoms with Crippen molar-refractivity contribution in [3.8, 4) is 5.75 Å². The van der Waals surface area contributed by atoms with Crippen LogP contribution in [0.5, 0.6) is 5.75 Å². The molecule has 2 aliphatic rings. The molecule has 0 saturated carbocycles. The number of likely N-dealkylation sites (tertiary alicyclic amines) is 1. The first kappa shape index (κ1) is 21.8. The van der Waals surface area contributed by atoms with E-state index in [2.05, 4.69) is 16.9 Å². The summed E-state index contributed by atoms with van der Waals surface area (Å²) in [4.78, 5) is 14.9. The van der Waals surface area contributed by atoms with Crippen LogP contribution in [0.15, 0.2) is 41.3 Å². The molecule has 1 aliphatic carbocycles. The Hall–Kier alpha value is -2.38. The summed E-state index contributed by atoms with van der Waals surface area (Å²) in [5, 5.41) is 0. The molecule has 1 atom stereocenters. The number of hydrogen-bond donors (Lipinski definition) is 1. The summed E-state index contributed by atoms with van der Waals surface area (Å²) in [7, 11) is -2.32. The minimum atomic E-state index is -3.81. The molecule has 1 heterocycles. The van der Waals surface area contributed by atoms with Gasteiger partial charge in [-0.05, 0) is 80.3 Å². The summed E-state index contributed by atoms with van der Waals surface area (Å²) in [5.41, 5.74) is 3.90. The van der Waals surface area contributed by atoms with Crippen LogP contribution < -0.4 is 9.46 Å². The Bertz CT molecular complexity index is 1070. The van der Waals surface area contributed by atoms with Gasteiger partial charge >= 0.3 is 0 Å². The van der Waals surface area contributed by atoms with Gasteiger partial charge in [-0.15, -0.1) is 0 Å². The van der Waals surface area contributed by atoms with Crippen molar-refractivity contribution in [3.05, 3.63) is 58.7 Å². The Morgan fingerprint density at radius 3 is 2.48 bits per heavy atom. The van der Waals surface area contributed by atoms with Gasteiger partial charge in [-0.2, -0.15) is 0 Å². The Labute approximate surface area is 184 Å². The molecule has 4 rings (SSSR count). The van der Waals surface area contributed by atoms with Gasteiger partial charge in [0, 0.05) is 19.1 Å². The fourth-order valence-electron chi connectivity index (χ4n) is 4.52. The molecule has 0 unspecified atom stereocenters. The van der Waals surface area contributed by atoms with E-state index in [1.165, 1.54) is 30.4 Å². The molecule has 0 spiro atoms. The first-order chi connectivity index (χ1) is 14.9. The van der Waals surface area contributed by atoms with E-state index in [0.29, 0.717) is 18.8 Å². The van der Waals surface area contributed by atoms with Gasteiger partial charge in [0.2, 0.25) is 10.0 Å². The maximum atomic E-state index is 13.1. The molecule has 0 aromatic heterocycles. The van der Waals surface area contributed by atoms with Gasteiger partial charge in [0.1, 0.15) is 5.75 Å². The van der Waals surface area contributed by atoms with Crippen molar-refractivity contribution in [3.63, 3.8) is 0 Å². The van der Waals surface area contributed by atoms with Crippen LogP contribution in [0, 0.1) is 0 Å². The Morgan fingerprint density at radius 1 is 1.00 bits per heavy atom. The van der Waals surface area contributed by atoms with Crippen molar-refractivity contribution in [1.82, 2.24) is 9.62 Å². The van der Waals surface area contributed by atoms with E-state index in [1.807, 2.05) is 13.0 Å². The topological polar surface area (TPSA) is 75.7 Å². The summed E-state index contributed by atoms with van der Waals surface area (Å²) in [6, 6.07) is 10.3. The number of hydrogen-bond acceptors (Lipinski definition) is 4. The lowest BCUT2D eigenvalue weighted by molar-refractivity contribution is 0.0720. The highest BCUT2D eigenvalue weighted by Crippen LogP contribution is 2.28. The number of carbonyl (C=O) groups excluding carboxylic acids is 1. The zero-order chi connectivity index (χ0) is 22.0. The van der Waals surface area contributed by atoms with E-state index in [-0.39, 0.29) is 22.4 Å². The third-order valence-electron chi connectivity index (χ3n) is 6.31. The molecule has 0 radical (unpaired) electrons. The average Bonchev–Trinajstić information content (AvgIpc) is 3.26. The summed E-state index contributed by atoms with van der Waals surface area (Å²) >= 11 is 0. The number of piperidine rings is 1. The van der Waals surface area contributed by atoms with Gasteiger partial charge in [-0.25, -0.2) is 13.1 Å². The van der Waals surface area contributed by atoms with Crippen LogP contribution >= 0.6 is 0 Å². The van der Waals surface area contributed by atoms with Crippen LogP contribution in [0.2, 0.25) is 0 Å². The van der Waals surface area contributed by atoms with Crippen molar-refractivity contribution < 1.29 is 17.9 Å². The number of nitrogens with zero attached hydrogens (tertiary/aromatic N) is 1. The molecule has 1 N–H and O–H groups in total. The summed E-state index contributed by atoms with van der Waals surface area (Å²) < 4.78 is 34.4. The van der Waals surface area contributed by atoms with E-state index in [1.54, 1.807) is 11.0 Å². The lowest BCUT2D eigenvalue weighted by Crippen LogP contribution is -2.36. The molecule has 2 aromatic rings. The van der Waals surface area contributed by atoms with E-state index in [0.717, 1.165) is 44.1 Å². The fraction of sp³-hybridized carbons (Fsp3) is 0.458. The minimum absolute atomic E-state index is 0.0710. The van der Waals surface area contributed by atoms with Gasteiger partial charge < -0.3 is 9.64 Å². The molecule has 1 fully saturated rings. The van der Waals surface area contributed by atoms with Crippen LogP contribution in [0.3, 0.4) is 0 Å². The minimum Gasteiger partial charge on any atom is -0.496 e. The highest BCUT2D eigenvalue weighted by molar-refractivity contribution is 7.89. The fourth-order valence-corrected chi connectivity index (χ4v) is 5.78. The first-order valence-electron chi connectivity index (χ1n) is 11.0. The van der Waals surface area contributed by atoms with Gasteiger partial charge in [0.25, 0.3) is 5.91 Å². The lowest BCUT2D eigenvalue weighted by atomic mass is 10.0. The number of carbonyl (C=O) groups is 1. The third-order valence-corrected chi connectivity index (χ3v) is 7.85. The van der Waals surface area contributed by atoms with Crippen molar-refractivity contribution in [2.75, 3.05) is 20.2 Å². The van der Waals surface area contributed by atoms with Crippen molar-refractivity contribution in [1.29, 1.82) is 0 Å². The predicted molar refractivity (Wildman–Crippen MR) is 120 cm³/mol. The highest BCUT2D eigenvalue weighted by Gasteiger charge is 2.26. The normalized spacial score (nSPS) is 17.3. The number of benzene rings is 2. The lowest BCUT2D eigenvalue weighted by Gasteiger charge is -2.27. The van der Waals surface area contributed by atoms with Gasteiger partial charge in [-0.3, -0.25) is 4.79 Å². The standard InChI is InChI=1S/C24H30N2O4S/c1-17(19-10-9-18-7-6-8-20(18)15-19)25-31(28,29)21-11-12-23(30-2)22(16-21)24(27)26-13-4-3-5-14-26/h9-12,15-17,25H,3-8,13-14H2,1-2H3/t17-/m1/s1. The van der Waals surface area contributed by atoms with Crippen molar-refractivity contribution >= 4 is 15.9 Å². The summed E-state index contributed by atoms with van der Waals surface area (Å²) in [6.45, 7) is 3.22. The number of methoxy groups -OCH3 is 1. The zero-order valence-electron chi connectivity index (χ0n) is 18.2. The Morgan fingerprint density at radius 2 is 1.74 bits per heavy atom. The van der Waals surface area contributed by atoms with E-state index < -0.39 is 10.0 Å². The van der Waals surface area contributed by atoms with Gasteiger partial charge in [-0.1, -0.05) is 18.2 Å². The smallest absolute Gasteiger partial charge is 0.257 e. The van der Waals surface area contributed by atoms with Crippen LogP contribution in [-0.2, 0) is 22.9 Å². The van der Waals surface area contributed by atoms with Crippen LogP contribution in [-0.4, -0.2) is 39.4 Å². The Kier molecular flexibility index (Phi) is 6.34. The summed E-state index contributed by atoms with van der Waals surface area (Å²) in [6.07, 6.45) is 6.33. The molecular formula is C24H30N2O4S. The molecule has 166 valence electrons. The number of aryl methyl sites for hydroxylation is 2. The maximum absolute atomic E-state index is 13.1. The molecule has 1 aliphatic heterocycles. The monoisotopic (exact) mass is 442 g/mol.